The fourth-order valence-electron chi connectivity index (χ4n) is 3.75. The molecular formula is C15H23N3O2. The molecule has 20 heavy (non-hydrogen) atoms. The van der Waals surface area contributed by atoms with Crippen LogP contribution in [-0.2, 0) is 6.54 Å². The van der Waals surface area contributed by atoms with Crippen LogP contribution in [0.25, 0.3) is 0 Å². The van der Waals surface area contributed by atoms with Crippen molar-refractivity contribution in [1.29, 1.82) is 0 Å². The summed E-state index contributed by atoms with van der Waals surface area (Å²) < 4.78 is 1.96. The third-order valence-electron chi connectivity index (χ3n) is 4.54. The van der Waals surface area contributed by atoms with Gasteiger partial charge in [0.15, 0.2) is 0 Å². The minimum Gasteiger partial charge on any atom is -0.397 e. The number of fused-ring (bicyclic) bond motifs is 2. The van der Waals surface area contributed by atoms with E-state index >= 15 is 0 Å². The molecule has 110 valence electrons. The van der Waals surface area contributed by atoms with Gasteiger partial charge in [0, 0.05) is 24.8 Å². The molecule has 5 heteroatoms. The average molecular weight is 277 g/mol. The Labute approximate surface area is 119 Å². The molecule has 2 aliphatic heterocycles. The van der Waals surface area contributed by atoms with Gasteiger partial charge in [-0.05, 0) is 38.2 Å². The summed E-state index contributed by atoms with van der Waals surface area (Å²) in [7, 11) is 0. The van der Waals surface area contributed by atoms with Crippen LogP contribution in [0.4, 0.5) is 5.69 Å². The first-order valence-corrected chi connectivity index (χ1v) is 7.56. The summed E-state index contributed by atoms with van der Waals surface area (Å²) in [5, 5.41) is 9.84. The number of hydrogen-bond acceptors (Lipinski definition) is 3. The highest BCUT2D eigenvalue weighted by Gasteiger charge is 2.43. The van der Waals surface area contributed by atoms with Crippen molar-refractivity contribution in [2.75, 3.05) is 5.73 Å². The minimum atomic E-state index is -0.246. The number of rotatable bonds is 3. The predicted molar refractivity (Wildman–Crippen MR) is 77.4 cm³/mol. The third kappa shape index (κ3) is 2.20. The molecule has 0 spiro atoms. The Morgan fingerprint density at radius 3 is 2.65 bits per heavy atom. The molecule has 2 saturated heterocycles. The molecule has 0 aromatic carbocycles. The smallest absolute Gasteiger partial charge is 0.271 e. The largest absolute Gasteiger partial charge is 0.397 e. The van der Waals surface area contributed by atoms with Gasteiger partial charge < -0.3 is 20.3 Å². The van der Waals surface area contributed by atoms with Gasteiger partial charge in [0.05, 0.1) is 11.8 Å². The summed E-state index contributed by atoms with van der Waals surface area (Å²) in [5.41, 5.74) is 7.19. The van der Waals surface area contributed by atoms with E-state index in [2.05, 4.69) is 6.92 Å². The van der Waals surface area contributed by atoms with Crippen molar-refractivity contribution in [1.82, 2.24) is 9.47 Å². The van der Waals surface area contributed by atoms with Crippen LogP contribution < -0.4 is 5.73 Å². The Kier molecular flexibility index (Phi) is 3.46. The van der Waals surface area contributed by atoms with E-state index in [1.165, 1.54) is 0 Å². The first-order valence-electron chi connectivity index (χ1n) is 7.56. The predicted octanol–water partition coefficient (Wildman–Crippen LogP) is 1.61. The zero-order valence-corrected chi connectivity index (χ0v) is 12.0. The Morgan fingerprint density at radius 2 is 2.05 bits per heavy atom. The van der Waals surface area contributed by atoms with Gasteiger partial charge in [-0.3, -0.25) is 4.79 Å². The third-order valence-corrected chi connectivity index (χ3v) is 4.54. The standard InChI is InChI=1S/C15H23N3O2/c1-2-5-17-9-10(16)6-14(17)15(20)18-11-3-4-12(18)8-13(19)7-11/h6,9,11-13,19H,2-5,7-8,16H2,1H3. The monoisotopic (exact) mass is 277 g/mol. The Morgan fingerprint density at radius 1 is 1.40 bits per heavy atom. The molecule has 0 radical (unpaired) electrons. The normalized spacial score (nSPS) is 28.9. The van der Waals surface area contributed by atoms with Crippen LogP contribution in [0.15, 0.2) is 12.3 Å². The second kappa shape index (κ2) is 5.13. The number of amides is 1. The maximum atomic E-state index is 12.8. The summed E-state index contributed by atoms with van der Waals surface area (Å²) in [6.45, 7) is 2.90. The number of carbonyl (C=O) groups is 1. The van der Waals surface area contributed by atoms with Gasteiger partial charge in [-0.2, -0.15) is 0 Å². The molecular weight excluding hydrogens is 254 g/mol. The second-order valence-corrected chi connectivity index (χ2v) is 6.07. The summed E-state index contributed by atoms with van der Waals surface area (Å²) >= 11 is 0. The molecule has 3 heterocycles. The maximum Gasteiger partial charge on any atom is 0.271 e. The zero-order valence-electron chi connectivity index (χ0n) is 12.0. The molecule has 2 fully saturated rings. The molecule has 3 N–H and O–H groups in total. The number of aryl methyl sites for hydroxylation is 1. The molecule has 1 aromatic rings. The van der Waals surface area contributed by atoms with Crippen molar-refractivity contribution < 1.29 is 9.90 Å². The summed E-state index contributed by atoms with van der Waals surface area (Å²) in [5.74, 6) is 0.0783. The minimum absolute atomic E-state index is 0.0783. The molecule has 2 bridgehead atoms. The summed E-state index contributed by atoms with van der Waals surface area (Å²) in [4.78, 5) is 14.8. The van der Waals surface area contributed by atoms with E-state index in [0.717, 1.165) is 25.8 Å². The molecule has 2 atom stereocenters. The molecule has 3 rings (SSSR count). The van der Waals surface area contributed by atoms with Gasteiger partial charge in [-0.25, -0.2) is 0 Å². The lowest BCUT2D eigenvalue weighted by Gasteiger charge is -2.37. The van der Waals surface area contributed by atoms with Crippen LogP contribution in [0.2, 0.25) is 0 Å². The van der Waals surface area contributed by atoms with Crippen LogP contribution in [0.1, 0.15) is 49.5 Å². The van der Waals surface area contributed by atoms with Crippen LogP contribution in [0, 0.1) is 0 Å². The number of piperidine rings is 1. The number of aromatic nitrogens is 1. The highest BCUT2D eigenvalue weighted by molar-refractivity contribution is 5.94. The number of aliphatic hydroxyl groups excluding tert-OH is 1. The highest BCUT2D eigenvalue weighted by atomic mass is 16.3. The maximum absolute atomic E-state index is 12.8. The highest BCUT2D eigenvalue weighted by Crippen LogP contribution is 2.37. The molecule has 2 aliphatic rings. The van der Waals surface area contributed by atoms with E-state index in [1.807, 2.05) is 15.7 Å². The van der Waals surface area contributed by atoms with Gasteiger partial charge in [-0.1, -0.05) is 6.92 Å². The quantitative estimate of drug-likeness (QED) is 0.881. The van der Waals surface area contributed by atoms with E-state index in [1.54, 1.807) is 6.07 Å². The Bertz CT molecular complexity index is 497. The topological polar surface area (TPSA) is 71.5 Å². The first kappa shape index (κ1) is 13.5. The molecule has 2 unspecified atom stereocenters. The van der Waals surface area contributed by atoms with Crippen LogP contribution in [-0.4, -0.2) is 38.7 Å². The average Bonchev–Trinajstić information content (AvgIpc) is 2.88. The molecule has 0 aliphatic carbocycles. The van der Waals surface area contributed by atoms with E-state index in [0.29, 0.717) is 24.2 Å². The van der Waals surface area contributed by atoms with Gasteiger partial charge >= 0.3 is 0 Å². The fraction of sp³-hybridized carbons (Fsp3) is 0.667. The van der Waals surface area contributed by atoms with Crippen LogP contribution in [0.5, 0.6) is 0 Å². The van der Waals surface area contributed by atoms with E-state index in [4.69, 9.17) is 5.73 Å². The van der Waals surface area contributed by atoms with Gasteiger partial charge in [0.25, 0.3) is 5.91 Å². The van der Waals surface area contributed by atoms with E-state index in [9.17, 15) is 9.90 Å². The number of nitrogens with zero attached hydrogens (tertiary/aromatic N) is 2. The van der Waals surface area contributed by atoms with Crippen LogP contribution in [0.3, 0.4) is 0 Å². The molecule has 5 nitrogen and oxygen atoms in total. The number of aliphatic hydroxyl groups is 1. The SMILES string of the molecule is CCCn1cc(N)cc1C(=O)N1C2CCC1CC(O)C2. The number of anilines is 1. The number of nitrogens with two attached hydrogens (primary N) is 1. The number of hydrogen-bond donors (Lipinski definition) is 2. The summed E-state index contributed by atoms with van der Waals surface area (Å²) in [6, 6.07) is 2.17. The lowest BCUT2D eigenvalue weighted by atomic mass is 9.99. The Hall–Kier alpha value is -1.49. The number of carbonyl (C=O) groups excluding carboxylic acids is 1. The van der Waals surface area contributed by atoms with Gasteiger partial charge in [-0.15, -0.1) is 0 Å². The number of nitrogen functional groups attached to an aromatic ring is 1. The van der Waals surface area contributed by atoms with Crippen molar-refractivity contribution in [2.24, 2.45) is 0 Å². The fourth-order valence-corrected chi connectivity index (χ4v) is 3.75. The van der Waals surface area contributed by atoms with Gasteiger partial charge in [0.1, 0.15) is 5.69 Å². The van der Waals surface area contributed by atoms with Crippen LogP contribution >= 0.6 is 0 Å². The second-order valence-electron chi connectivity index (χ2n) is 6.07. The van der Waals surface area contributed by atoms with Crippen molar-refractivity contribution in [2.45, 2.75) is 63.8 Å². The van der Waals surface area contributed by atoms with E-state index in [-0.39, 0.29) is 24.1 Å². The lowest BCUT2D eigenvalue weighted by molar-refractivity contribution is 0.0279. The zero-order chi connectivity index (χ0) is 14.3. The van der Waals surface area contributed by atoms with E-state index < -0.39 is 0 Å². The van der Waals surface area contributed by atoms with Crippen molar-refractivity contribution >= 4 is 11.6 Å². The molecule has 1 amide bonds. The first-order chi connectivity index (χ1) is 9.60. The molecule has 0 saturated carbocycles. The Balaban J connectivity index is 1.86. The summed E-state index contributed by atoms with van der Waals surface area (Å²) in [6.07, 6.45) is 6.02. The lowest BCUT2D eigenvalue weighted by Crippen LogP contribution is -2.48. The molecule has 1 aromatic heterocycles. The van der Waals surface area contributed by atoms with Crippen molar-refractivity contribution in [3.8, 4) is 0 Å². The van der Waals surface area contributed by atoms with Crippen molar-refractivity contribution in [3.63, 3.8) is 0 Å². The van der Waals surface area contributed by atoms with Gasteiger partial charge in [0.2, 0.25) is 0 Å². The van der Waals surface area contributed by atoms with Crippen molar-refractivity contribution in [3.05, 3.63) is 18.0 Å².